The second-order valence-electron chi connectivity index (χ2n) is 5.55. The van der Waals surface area contributed by atoms with Gasteiger partial charge < -0.3 is 10.6 Å². The van der Waals surface area contributed by atoms with Crippen molar-refractivity contribution in [2.75, 3.05) is 11.4 Å². The lowest BCUT2D eigenvalue weighted by Gasteiger charge is -2.24. The van der Waals surface area contributed by atoms with Gasteiger partial charge in [0.25, 0.3) is 0 Å². The molecule has 1 atom stereocenters. The van der Waals surface area contributed by atoms with Crippen molar-refractivity contribution in [1.29, 1.82) is 0 Å². The molecule has 0 aliphatic heterocycles. The van der Waals surface area contributed by atoms with Gasteiger partial charge in [0.2, 0.25) is 0 Å². The standard InChI is InChI=1S/C18H25N3/c1-3-4-12-21(17-8-6-5-7-9-17)18-11-10-16(14-20-18)13-15(2)19/h5-11,14-15H,3-4,12-13,19H2,1-2H3. The Bertz CT molecular complexity index is 520. The van der Waals surface area contributed by atoms with Crippen LogP contribution < -0.4 is 10.6 Å². The van der Waals surface area contributed by atoms with E-state index >= 15 is 0 Å². The molecule has 2 N–H and O–H groups in total. The number of hydrogen-bond acceptors (Lipinski definition) is 3. The maximum Gasteiger partial charge on any atom is 0.132 e. The van der Waals surface area contributed by atoms with Gasteiger partial charge in [-0.1, -0.05) is 37.6 Å². The molecule has 0 saturated carbocycles. The highest BCUT2D eigenvalue weighted by Gasteiger charge is 2.10. The number of hydrogen-bond donors (Lipinski definition) is 1. The van der Waals surface area contributed by atoms with Crippen molar-refractivity contribution in [3.05, 3.63) is 54.2 Å². The average molecular weight is 283 g/mol. The molecule has 0 radical (unpaired) electrons. The van der Waals surface area contributed by atoms with Crippen molar-refractivity contribution in [3.63, 3.8) is 0 Å². The summed E-state index contributed by atoms with van der Waals surface area (Å²) in [6.45, 7) is 5.22. The smallest absolute Gasteiger partial charge is 0.132 e. The lowest BCUT2D eigenvalue weighted by molar-refractivity contribution is 0.734. The Balaban J connectivity index is 2.20. The van der Waals surface area contributed by atoms with Gasteiger partial charge in [-0.05, 0) is 43.5 Å². The van der Waals surface area contributed by atoms with Gasteiger partial charge in [0.1, 0.15) is 5.82 Å². The molecule has 0 saturated heterocycles. The number of rotatable bonds is 7. The van der Waals surface area contributed by atoms with Gasteiger partial charge >= 0.3 is 0 Å². The van der Waals surface area contributed by atoms with Crippen molar-refractivity contribution in [3.8, 4) is 0 Å². The van der Waals surface area contributed by atoms with Gasteiger partial charge in [-0.2, -0.15) is 0 Å². The maximum atomic E-state index is 5.84. The molecule has 1 aromatic carbocycles. The van der Waals surface area contributed by atoms with Crippen LogP contribution in [0.4, 0.5) is 11.5 Å². The first kappa shape index (κ1) is 15.5. The van der Waals surface area contributed by atoms with Crippen molar-refractivity contribution in [2.45, 2.75) is 39.2 Å². The fourth-order valence-corrected chi connectivity index (χ4v) is 2.37. The minimum atomic E-state index is 0.169. The van der Waals surface area contributed by atoms with Crippen LogP contribution in [0.5, 0.6) is 0 Å². The summed E-state index contributed by atoms with van der Waals surface area (Å²) in [5.74, 6) is 1.00. The number of pyridine rings is 1. The molecule has 2 rings (SSSR count). The Morgan fingerprint density at radius 3 is 2.48 bits per heavy atom. The van der Waals surface area contributed by atoms with E-state index in [0.717, 1.165) is 25.2 Å². The topological polar surface area (TPSA) is 42.1 Å². The maximum absolute atomic E-state index is 5.84. The third-order valence-corrected chi connectivity index (χ3v) is 3.45. The zero-order valence-corrected chi connectivity index (χ0v) is 13.0. The number of unbranched alkanes of at least 4 members (excludes halogenated alkanes) is 1. The summed E-state index contributed by atoms with van der Waals surface area (Å²) in [5, 5.41) is 0. The van der Waals surface area contributed by atoms with E-state index in [1.807, 2.05) is 19.2 Å². The summed E-state index contributed by atoms with van der Waals surface area (Å²) in [7, 11) is 0. The van der Waals surface area contributed by atoms with E-state index in [2.05, 4.69) is 53.2 Å². The fraction of sp³-hybridized carbons (Fsp3) is 0.389. The van der Waals surface area contributed by atoms with Crippen LogP contribution in [0.2, 0.25) is 0 Å². The first-order chi connectivity index (χ1) is 10.2. The molecule has 0 aliphatic rings. The van der Waals surface area contributed by atoms with Crippen molar-refractivity contribution in [2.24, 2.45) is 5.73 Å². The predicted molar refractivity (Wildman–Crippen MR) is 89.9 cm³/mol. The molecule has 3 nitrogen and oxygen atoms in total. The first-order valence-corrected chi connectivity index (χ1v) is 7.73. The van der Waals surface area contributed by atoms with Crippen molar-refractivity contribution >= 4 is 11.5 Å². The van der Waals surface area contributed by atoms with Crippen LogP contribution >= 0.6 is 0 Å². The number of nitrogens with zero attached hydrogens (tertiary/aromatic N) is 2. The highest BCUT2D eigenvalue weighted by Crippen LogP contribution is 2.24. The van der Waals surface area contributed by atoms with E-state index in [9.17, 15) is 0 Å². The normalized spacial score (nSPS) is 12.1. The Kier molecular flexibility index (Phi) is 5.76. The Labute approximate surface area is 127 Å². The van der Waals surface area contributed by atoms with Gasteiger partial charge in [-0.25, -0.2) is 4.98 Å². The van der Waals surface area contributed by atoms with E-state index in [-0.39, 0.29) is 6.04 Å². The third kappa shape index (κ3) is 4.57. The number of para-hydroxylation sites is 1. The van der Waals surface area contributed by atoms with Crippen LogP contribution in [0, 0.1) is 0 Å². The predicted octanol–water partition coefficient (Wildman–Crippen LogP) is 3.91. The van der Waals surface area contributed by atoms with Crippen molar-refractivity contribution < 1.29 is 0 Å². The minimum Gasteiger partial charge on any atom is -0.328 e. The molecule has 112 valence electrons. The fourth-order valence-electron chi connectivity index (χ4n) is 2.37. The lowest BCUT2D eigenvalue weighted by atomic mass is 10.1. The minimum absolute atomic E-state index is 0.169. The summed E-state index contributed by atoms with van der Waals surface area (Å²) in [6.07, 6.45) is 5.14. The molecule has 1 aromatic heterocycles. The Hall–Kier alpha value is -1.87. The quantitative estimate of drug-likeness (QED) is 0.837. The molecular weight excluding hydrogens is 258 g/mol. The average Bonchev–Trinajstić information content (AvgIpc) is 2.50. The Morgan fingerprint density at radius 1 is 1.14 bits per heavy atom. The molecule has 1 unspecified atom stereocenters. The Morgan fingerprint density at radius 2 is 1.90 bits per heavy atom. The summed E-state index contributed by atoms with van der Waals surface area (Å²) in [6, 6.07) is 14.8. The van der Waals surface area contributed by atoms with Crippen molar-refractivity contribution in [1.82, 2.24) is 4.98 Å². The highest BCUT2D eigenvalue weighted by atomic mass is 15.2. The second kappa shape index (κ2) is 7.79. The zero-order valence-electron chi connectivity index (χ0n) is 13.0. The molecule has 21 heavy (non-hydrogen) atoms. The van der Waals surface area contributed by atoms with E-state index in [4.69, 9.17) is 5.73 Å². The number of anilines is 2. The van der Waals surface area contributed by atoms with Crippen LogP contribution in [0.3, 0.4) is 0 Å². The molecule has 2 aromatic rings. The molecular formula is C18H25N3. The largest absolute Gasteiger partial charge is 0.328 e. The number of nitrogens with two attached hydrogens (primary N) is 1. The number of aromatic nitrogens is 1. The first-order valence-electron chi connectivity index (χ1n) is 7.73. The van der Waals surface area contributed by atoms with E-state index in [1.165, 1.54) is 17.7 Å². The van der Waals surface area contributed by atoms with Crippen LogP contribution in [0.25, 0.3) is 0 Å². The van der Waals surface area contributed by atoms with Gasteiger partial charge in [0, 0.05) is 24.5 Å². The van der Waals surface area contributed by atoms with Crippen LogP contribution in [0.15, 0.2) is 48.7 Å². The molecule has 0 bridgehead atoms. The molecule has 0 spiro atoms. The molecule has 0 amide bonds. The summed E-state index contributed by atoms with van der Waals surface area (Å²) >= 11 is 0. The molecule has 0 aliphatic carbocycles. The van der Waals surface area contributed by atoms with Crippen LogP contribution in [-0.2, 0) is 6.42 Å². The summed E-state index contributed by atoms with van der Waals surface area (Å²) in [5.41, 5.74) is 8.23. The summed E-state index contributed by atoms with van der Waals surface area (Å²) < 4.78 is 0. The van der Waals surface area contributed by atoms with Gasteiger partial charge in [-0.3, -0.25) is 0 Å². The van der Waals surface area contributed by atoms with E-state index in [1.54, 1.807) is 0 Å². The van der Waals surface area contributed by atoms with E-state index in [0.29, 0.717) is 0 Å². The molecule has 0 fully saturated rings. The third-order valence-electron chi connectivity index (χ3n) is 3.45. The lowest BCUT2D eigenvalue weighted by Crippen LogP contribution is -2.20. The SMILES string of the molecule is CCCCN(c1ccccc1)c1ccc(CC(C)N)cn1. The second-order valence-corrected chi connectivity index (χ2v) is 5.55. The zero-order chi connectivity index (χ0) is 15.1. The van der Waals surface area contributed by atoms with Gasteiger partial charge in [-0.15, -0.1) is 0 Å². The number of benzene rings is 1. The highest BCUT2D eigenvalue weighted by molar-refractivity contribution is 5.59. The van der Waals surface area contributed by atoms with Gasteiger partial charge in [0.15, 0.2) is 0 Å². The summed E-state index contributed by atoms with van der Waals surface area (Å²) in [4.78, 5) is 6.91. The monoisotopic (exact) mass is 283 g/mol. The molecule has 3 heteroatoms. The van der Waals surface area contributed by atoms with Gasteiger partial charge in [0.05, 0.1) is 0 Å². The molecule has 1 heterocycles. The van der Waals surface area contributed by atoms with Crippen LogP contribution in [-0.4, -0.2) is 17.6 Å². The van der Waals surface area contributed by atoms with E-state index < -0.39 is 0 Å². The van der Waals surface area contributed by atoms with Crippen LogP contribution in [0.1, 0.15) is 32.3 Å².